The van der Waals surface area contributed by atoms with Gasteiger partial charge in [0.2, 0.25) is 0 Å². The third-order valence-corrected chi connectivity index (χ3v) is 6.60. The number of hydrogen-bond donors (Lipinski definition) is 1. The van der Waals surface area contributed by atoms with Crippen LogP contribution < -0.4 is 0 Å². The molecule has 3 heteroatoms. The zero-order valence-electron chi connectivity index (χ0n) is 20.5. The Hall–Kier alpha value is -0.730. The van der Waals surface area contributed by atoms with Gasteiger partial charge in [0.05, 0.1) is 12.0 Å². The maximum absolute atomic E-state index is 10.3. The Kier molecular flexibility index (Phi) is 18.2. The molecule has 0 aliphatic carbocycles. The summed E-state index contributed by atoms with van der Waals surface area (Å²) in [6.07, 6.45) is 22.8. The summed E-state index contributed by atoms with van der Waals surface area (Å²) in [6.45, 7) is 4.90. The average molecular weight is 453 g/mol. The topological polar surface area (TPSA) is 29.5 Å². The van der Waals surface area contributed by atoms with Crippen LogP contribution in [0.15, 0.2) is 18.2 Å². The van der Waals surface area contributed by atoms with Gasteiger partial charge in [0, 0.05) is 6.61 Å². The summed E-state index contributed by atoms with van der Waals surface area (Å²) in [5.74, 6) is 0.803. The maximum atomic E-state index is 10.3. The lowest BCUT2D eigenvalue weighted by Gasteiger charge is -2.19. The van der Waals surface area contributed by atoms with Crippen LogP contribution in [0.3, 0.4) is 0 Å². The highest BCUT2D eigenvalue weighted by Crippen LogP contribution is 2.30. The van der Waals surface area contributed by atoms with E-state index in [4.69, 9.17) is 16.3 Å². The fourth-order valence-electron chi connectivity index (χ4n) is 4.43. The molecule has 0 radical (unpaired) electrons. The van der Waals surface area contributed by atoms with E-state index in [-0.39, 0.29) is 6.10 Å². The zero-order chi connectivity index (χ0) is 22.6. The van der Waals surface area contributed by atoms with Crippen molar-refractivity contribution in [2.45, 2.75) is 129 Å². The molecule has 1 rings (SSSR count). The molecule has 0 saturated heterocycles. The van der Waals surface area contributed by atoms with Crippen molar-refractivity contribution < 1.29 is 9.84 Å². The molecule has 31 heavy (non-hydrogen) atoms. The number of halogens is 1. The van der Waals surface area contributed by atoms with Crippen molar-refractivity contribution in [3.05, 3.63) is 29.3 Å². The first-order chi connectivity index (χ1) is 15.2. The van der Waals surface area contributed by atoms with Gasteiger partial charge in [-0.25, -0.2) is 0 Å². The average Bonchev–Trinajstić information content (AvgIpc) is 2.78. The van der Waals surface area contributed by atoms with E-state index in [1.54, 1.807) is 6.07 Å². The Morgan fingerprint density at radius 3 is 1.68 bits per heavy atom. The van der Waals surface area contributed by atoms with Crippen LogP contribution in [-0.4, -0.2) is 17.6 Å². The molecular formula is C28H49ClO2. The molecular weight excluding hydrogens is 404 g/mol. The van der Waals surface area contributed by atoms with Gasteiger partial charge in [-0.3, -0.25) is 0 Å². The Morgan fingerprint density at radius 1 is 0.742 bits per heavy atom. The molecule has 0 bridgehead atoms. The van der Waals surface area contributed by atoms with Gasteiger partial charge in [0.25, 0.3) is 0 Å². The number of phenols is 1. The van der Waals surface area contributed by atoms with Crippen molar-refractivity contribution >= 4 is 11.6 Å². The lowest BCUT2D eigenvalue weighted by molar-refractivity contribution is 0.0780. The SMILES string of the molecule is CCCCCCCCCCCCCCCCCCc1c(O)cccc1C(CCl)OCC. The first kappa shape index (κ1) is 28.3. The summed E-state index contributed by atoms with van der Waals surface area (Å²) in [4.78, 5) is 0. The van der Waals surface area contributed by atoms with E-state index in [9.17, 15) is 5.11 Å². The Balaban J connectivity index is 2.05. The zero-order valence-corrected chi connectivity index (χ0v) is 21.2. The molecule has 0 heterocycles. The second-order valence-corrected chi connectivity index (χ2v) is 9.31. The number of ether oxygens (including phenoxy) is 1. The Morgan fingerprint density at radius 2 is 1.23 bits per heavy atom. The van der Waals surface area contributed by atoms with Gasteiger partial charge in [-0.15, -0.1) is 11.6 Å². The van der Waals surface area contributed by atoms with Crippen LogP contribution in [0.2, 0.25) is 0 Å². The van der Waals surface area contributed by atoms with Crippen LogP contribution >= 0.6 is 11.6 Å². The second-order valence-electron chi connectivity index (χ2n) is 9.00. The second kappa shape index (κ2) is 19.9. The molecule has 0 saturated carbocycles. The fraction of sp³-hybridized carbons (Fsp3) is 0.786. The minimum Gasteiger partial charge on any atom is -0.508 e. The number of hydrogen-bond acceptors (Lipinski definition) is 2. The van der Waals surface area contributed by atoms with E-state index in [1.165, 1.54) is 96.3 Å². The summed E-state index contributed by atoms with van der Waals surface area (Å²) in [6, 6.07) is 5.72. The molecule has 0 aromatic heterocycles. The molecule has 1 atom stereocenters. The quantitative estimate of drug-likeness (QED) is 0.148. The highest BCUT2D eigenvalue weighted by Gasteiger charge is 2.16. The molecule has 1 N–H and O–H groups in total. The summed E-state index contributed by atoms with van der Waals surface area (Å²) in [5.41, 5.74) is 2.07. The molecule has 1 aromatic carbocycles. The number of unbranched alkanes of at least 4 members (excludes halogenated alkanes) is 15. The van der Waals surface area contributed by atoms with E-state index in [0.29, 0.717) is 18.2 Å². The van der Waals surface area contributed by atoms with Crippen LogP contribution in [0.25, 0.3) is 0 Å². The number of phenolic OH excluding ortho intramolecular Hbond substituents is 1. The molecule has 1 unspecified atom stereocenters. The molecule has 0 aliphatic rings. The fourth-order valence-corrected chi connectivity index (χ4v) is 4.69. The van der Waals surface area contributed by atoms with Crippen molar-refractivity contribution in [1.29, 1.82) is 0 Å². The van der Waals surface area contributed by atoms with Gasteiger partial charge in [0.1, 0.15) is 5.75 Å². The van der Waals surface area contributed by atoms with E-state index in [1.807, 2.05) is 19.1 Å². The molecule has 0 spiro atoms. The van der Waals surface area contributed by atoms with Gasteiger partial charge in [-0.05, 0) is 37.0 Å². The Labute approximate surface area is 198 Å². The lowest BCUT2D eigenvalue weighted by Crippen LogP contribution is -2.09. The third-order valence-electron chi connectivity index (χ3n) is 6.32. The van der Waals surface area contributed by atoms with Crippen LogP contribution in [0.4, 0.5) is 0 Å². The summed E-state index contributed by atoms with van der Waals surface area (Å²) in [5, 5.41) is 10.3. The van der Waals surface area contributed by atoms with E-state index >= 15 is 0 Å². The number of aromatic hydroxyl groups is 1. The van der Waals surface area contributed by atoms with Gasteiger partial charge in [0.15, 0.2) is 0 Å². The minimum atomic E-state index is -0.130. The molecule has 0 amide bonds. The van der Waals surface area contributed by atoms with Gasteiger partial charge >= 0.3 is 0 Å². The summed E-state index contributed by atoms with van der Waals surface area (Å²) in [7, 11) is 0. The number of alkyl halides is 1. The minimum absolute atomic E-state index is 0.130. The first-order valence-electron chi connectivity index (χ1n) is 13.2. The molecule has 180 valence electrons. The highest BCUT2D eigenvalue weighted by molar-refractivity contribution is 6.18. The molecule has 1 aromatic rings. The predicted octanol–water partition coefficient (Wildman–Crippen LogP) is 9.51. The molecule has 0 aliphatic heterocycles. The van der Waals surface area contributed by atoms with Crippen molar-refractivity contribution in [2.24, 2.45) is 0 Å². The normalized spacial score (nSPS) is 12.4. The van der Waals surface area contributed by atoms with E-state index in [0.717, 1.165) is 24.0 Å². The smallest absolute Gasteiger partial charge is 0.119 e. The van der Waals surface area contributed by atoms with Gasteiger partial charge < -0.3 is 9.84 Å². The first-order valence-corrected chi connectivity index (χ1v) is 13.8. The van der Waals surface area contributed by atoms with E-state index in [2.05, 4.69) is 6.92 Å². The maximum Gasteiger partial charge on any atom is 0.119 e. The Bertz CT molecular complexity index is 532. The monoisotopic (exact) mass is 452 g/mol. The third kappa shape index (κ3) is 13.4. The van der Waals surface area contributed by atoms with Crippen molar-refractivity contribution in [2.75, 3.05) is 12.5 Å². The van der Waals surface area contributed by atoms with Crippen LogP contribution in [-0.2, 0) is 11.2 Å². The van der Waals surface area contributed by atoms with Crippen molar-refractivity contribution in [1.82, 2.24) is 0 Å². The van der Waals surface area contributed by atoms with Gasteiger partial charge in [-0.1, -0.05) is 115 Å². The largest absolute Gasteiger partial charge is 0.508 e. The number of benzene rings is 1. The standard InChI is InChI=1S/C28H49ClO2/c1-3-5-6-7-8-9-10-11-12-13-14-15-16-17-18-19-21-25-26(22-20-23-27(25)30)28(24-29)31-4-2/h20,22-23,28,30H,3-19,21,24H2,1-2H3. The molecule has 2 nitrogen and oxygen atoms in total. The summed E-state index contributed by atoms with van der Waals surface area (Å²) < 4.78 is 5.76. The summed E-state index contributed by atoms with van der Waals surface area (Å²) >= 11 is 6.10. The predicted molar refractivity (Wildman–Crippen MR) is 136 cm³/mol. The van der Waals surface area contributed by atoms with Crippen LogP contribution in [0, 0.1) is 0 Å². The molecule has 0 fully saturated rings. The van der Waals surface area contributed by atoms with Crippen LogP contribution in [0.5, 0.6) is 5.75 Å². The number of rotatable bonds is 21. The van der Waals surface area contributed by atoms with E-state index < -0.39 is 0 Å². The highest BCUT2D eigenvalue weighted by atomic mass is 35.5. The van der Waals surface area contributed by atoms with Crippen LogP contribution in [0.1, 0.15) is 134 Å². The van der Waals surface area contributed by atoms with Crippen molar-refractivity contribution in [3.8, 4) is 5.75 Å². The lowest BCUT2D eigenvalue weighted by atomic mass is 9.96. The van der Waals surface area contributed by atoms with Gasteiger partial charge in [-0.2, -0.15) is 0 Å². The van der Waals surface area contributed by atoms with Crippen molar-refractivity contribution in [3.63, 3.8) is 0 Å².